The zero-order valence-electron chi connectivity index (χ0n) is 10.9. The summed E-state index contributed by atoms with van der Waals surface area (Å²) in [6.45, 7) is 1.72. The van der Waals surface area contributed by atoms with Gasteiger partial charge in [-0.3, -0.25) is 4.79 Å². The third-order valence-corrected chi connectivity index (χ3v) is 2.47. The van der Waals surface area contributed by atoms with Gasteiger partial charge in [0.25, 0.3) is 5.89 Å². The fraction of sp³-hybridized carbons (Fsp3) is 0.231. The molecule has 2 rings (SSSR count). The van der Waals surface area contributed by atoms with Crippen molar-refractivity contribution in [3.63, 3.8) is 0 Å². The van der Waals surface area contributed by atoms with E-state index in [0.29, 0.717) is 22.9 Å². The summed E-state index contributed by atoms with van der Waals surface area (Å²) in [5, 5.41) is 2.67. The van der Waals surface area contributed by atoms with Crippen LogP contribution in [0, 0.1) is 6.92 Å². The molecule has 6 nitrogen and oxygen atoms in total. The Balaban J connectivity index is 2.21. The maximum Gasteiger partial charge on any atom is 0.311 e. The lowest BCUT2D eigenvalue weighted by molar-refractivity contribution is 0.0988. The van der Waals surface area contributed by atoms with Gasteiger partial charge in [0.1, 0.15) is 17.3 Å². The molecule has 0 saturated carbocycles. The molecule has 0 aliphatic rings. The van der Waals surface area contributed by atoms with E-state index in [9.17, 15) is 4.79 Å². The summed E-state index contributed by atoms with van der Waals surface area (Å²) >= 11 is 0. The fourth-order valence-electron chi connectivity index (χ4n) is 1.54. The molecule has 1 aromatic carbocycles. The van der Waals surface area contributed by atoms with Crippen LogP contribution in [0.15, 0.2) is 28.8 Å². The van der Waals surface area contributed by atoms with Crippen LogP contribution in [-0.2, 0) is 0 Å². The van der Waals surface area contributed by atoms with Crippen LogP contribution in [-0.4, -0.2) is 25.1 Å². The number of nitrogens with zero attached hydrogens (tertiary/aromatic N) is 1. The standard InChI is InChI=1S/C13H14N2O4/c1-8-7-14-13(19-8)12(16)15-10-5-4-9(17-2)6-11(10)18-3/h4-7H,1-3H3,(H,15,16). The average Bonchev–Trinajstić information content (AvgIpc) is 2.86. The van der Waals surface area contributed by atoms with Gasteiger partial charge in [-0.2, -0.15) is 0 Å². The SMILES string of the molecule is COc1ccc(NC(=O)c2ncc(C)o2)c(OC)c1. The first kappa shape index (κ1) is 12.9. The van der Waals surface area contributed by atoms with Crippen molar-refractivity contribution in [1.82, 2.24) is 4.98 Å². The van der Waals surface area contributed by atoms with Crippen LogP contribution in [0.3, 0.4) is 0 Å². The number of benzene rings is 1. The van der Waals surface area contributed by atoms with Crippen LogP contribution >= 0.6 is 0 Å². The minimum atomic E-state index is -0.434. The smallest absolute Gasteiger partial charge is 0.311 e. The Morgan fingerprint density at radius 3 is 2.68 bits per heavy atom. The van der Waals surface area contributed by atoms with Crippen molar-refractivity contribution in [1.29, 1.82) is 0 Å². The van der Waals surface area contributed by atoms with E-state index in [4.69, 9.17) is 13.9 Å². The lowest BCUT2D eigenvalue weighted by Gasteiger charge is -2.10. The minimum absolute atomic E-state index is 0.00960. The molecule has 0 atom stereocenters. The molecule has 0 unspecified atom stereocenters. The van der Waals surface area contributed by atoms with Crippen molar-refractivity contribution in [2.75, 3.05) is 19.5 Å². The van der Waals surface area contributed by atoms with E-state index in [2.05, 4.69) is 10.3 Å². The van der Waals surface area contributed by atoms with E-state index in [1.807, 2.05) is 0 Å². The molecule has 1 heterocycles. The van der Waals surface area contributed by atoms with Gasteiger partial charge in [-0.05, 0) is 19.1 Å². The molecule has 0 radical (unpaired) electrons. The zero-order valence-corrected chi connectivity index (χ0v) is 10.9. The third kappa shape index (κ3) is 2.85. The molecule has 0 saturated heterocycles. The van der Waals surface area contributed by atoms with Crippen molar-refractivity contribution in [3.05, 3.63) is 36.0 Å². The average molecular weight is 262 g/mol. The Hall–Kier alpha value is -2.50. The Morgan fingerprint density at radius 2 is 2.11 bits per heavy atom. The van der Waals surface area contributed by atoms with Gasteiger partial charge in [-0.1, -0.05) is 0 Å². The minimum Gasteiger partial charge on any atom is -0.497 e. The monoisotopic (exact) mass is 262 g/mol. The van der Waals surface area contributed by atoms with Gasteiger partial charge in [-0.15, -0.1) is 0 Å². The van der Waals surface area contributed by atoms with Crippen LogP contribution in [0.2, 0.25) is 0 Å². The lowest BCUT2D eigenvalue weighted by Crippen LogP contribution is -2.13. The van der Waals surface area contributed by atoms with Crippen LogP contribution in [0.1, 0.15) is 16.4 Å². The third-order valence-electron chi connectivity index (χ3n) is 2.47. The summed E-state index contributed by atoms with van der Waals surface area (Å²) in [4.78, 5) is 15.8. The number of hydrogen-bond acceptors (Lipinski definition) is 5. The van der Waals surface area contributed by atoms with Crippen molar-refractivity contribution in [3.8, 4) is 11.5 Å². The molecule has 1 aromatic heterocycles. The van der Waals surface area contributed by atoms with Crippen LogP contribution in [0.4, 0.5) is 5.69 Å². The van der Waals surface area contributed by atoms with Crippen molar-refractivity contribution in [2.24, 2.45) is 0 Å². The molecule has 19 heavy (non-hydrogen) atoms. The van der Waals surface area contributed by atoms with E-state index in [1.54, 1.807) is 32.2 Å². The second-order valence-corrected chi connectivity index (χ2v) is 3.80. The number of hydrogen-bond donors (Lipinski definition) is 1. The second kappa shape index (κ2) is 5.43. The van der Waals surface area contributed by atoms with Gasteiger partial charge in [0.2, 0.25) is 0 Å². The normalized spacial score (nSPS) is 10.1. The molecule has 0 fully saturated rings. The number of aryl methyl sites for hydroxylation is 1. The Morgan fingerprint density at radius 1 is 1.32 bits per heavy atom. The highest BCUT2D eigenvalue weighted by molar-refractivity contribution is 6.01. The molecular formula is C13H14N2O4. The highest BCUT2D eigenvalue weighted by Crippen LogP contribution is 2.29. The van der Waals surface area contributed by atoms with Gasteiger partial charge in [0, 0.05) is 6.07 Å². The van der Waals surface area contributed by atoms with Crippen LogP contribution < -0.4 is 14.8 Å². The van der Waals surface area contributed by atoms with E-state index >= 15 is 0 Å². The second-order valence-electron chi connectivity index (χ2n) is 3.80. The molecule has 0 bridgehead atoms. The highest BCUT2D eigenvalue weighted by Gasteiger charge is 2.14. The molecule has 100 valence electrons. The first-order chi connectivity index (χ1) is 9.13. The van der Waals surface area contributed by atoms with Gasteiger partial charge in [0.15, 0.2) is 0 Å². The molecule has 1 amide bonds. The number of carbonyl (C=O) groups is 1. The van der Waals surface area contributed by atoms with Crippen LogP contribution in [0.5, 0.6) is 11.5 Å². The fourth-order valence-corrected chi connectivity index (χ4v) is 1.54. The van der Waals surface area contributed by atoms with Crippen molar-refractivity contribution in [2.45, 2.75) is 6.92 Å². The van der Waals surface area contributed by atoms with Crippen LogP contribution in [0.25, 0.3) is 0 Å². The molecule has 0 spiro atoms. The number of carbonyl (C=O) groups excluding carboxylic acids is 1. The Bertz CT molecular complexity index is 592. The Kier molecular flexibility index (Phi) is 3.70. The maximum absolute atomic E-state index is 11.9. The van der Waals surface area contributed by atoms with Gasteiger partial charge >= 0.3 is 5.91 Å². The maximum atomic E-state index is 11.9. The number of amides is 1. The number of methoxy groups -OCH3 is 2. The van der Waals surface area contributed by atoms with Crippen molar-refractivity contribution >= 4 is 11.6 Å². The summed E-state index contributed by atoms with van der Waals surface area (Å²) in [5.41, 5.74) is 0.518. The predicted octanol–water partition coefficient (Wildman–Crippen LogP) is 2.25. The summed E-state index contributed by atoms with van der Waals surface area (Å²) in [5.74, 6) is 1.29. The van der Waals surface area contributed by atoms with E-state index in [-0.39, 0.29) is 5.89 Å². The summed E-state index contributed by atoms with van der Waals surface area (Å²) in [7, 11) is 3.07. The molecule has 1 N–H and O–H groups in total. The molecule has 2 aromatic rings. The number of anilines is 1. The molecular weight excluding hydrogens is 248 g/mol. The number of rotatable bonds is 4. The number of aromatic nitrogens is 1. The number of nitrogens with one attached hydrogen (secondary N) is 1. The topological polar surface area (TPSA) is 73.6 Å². The number of ether oxygens (including phenoxy) is 2. The van der Waals surface area contributed by atoms with E-state index in [0.717, 1.165) is 0 Å². The quantitative estimate of drug-likeness (QED) is 0.914. The number of oxazole rings is 1. The largest absolute Gasteiger partial charge is 0.497 e. The summed E-state index contributed by atoms with van der Waals surface area (Å²) in [6, 6.07) is 5.08. The lowest BCUT2D eigenvalue weighted by atomic mass is 10.2. The highest BCUT2D eigenvalue weighted by atomic mass is 16.5. The summed E-state index contributed by atoms with van der Waals surface area (Å²) in [6.07, 6.45) is 1.49. The Labute approximate surface area is 110 Å². The van der Waals surface area contributed by atoms with Crippen molar-refractivity contribution < 1.29 is 18.7 Å². The van der Waals surface area contributed by atoms with E-state index in [1.165, 1.54) is 13.3 Å². The van der Waals surface area contributed by atoms with Gasteiger partial charge < -0.3 is 19.2 Å². The van der Waals surface area contributed by atoms with Gasteiger partial charge in [-0.25, -0.2) is 4.98 Å². The van der Waals surface area contributed by atoms with Gasteiger partial charge in [0.05, 0.1) is 26.1 Å². The first-order valence-corrected chi connectivity index (χ1v) is 5.60. The molecule has 0 aliphatic heterocycles. The zero-order chi connectivity index (χ0) is 13.8. The molecule has 0 aliphatic carbocycles. The first-order valence-electron chi connectivity index (χ1n) is 5.60. The summed E-state index contributed by atoms with van der Waals surface area (Å²) < 4.78 is 15.4. The van der Waals surface area contributed by atoms with E-state index < -0.39 is 5.91 Å². The predicted molar refractivity (Wildman–Crippen MR) is 68.7 cm³/mol. The molecule has 6 heteroatoms.